The van der Waals surface area contributed by atoms with E-state index in [1.54, 1.807) is 11.1 Å². The number of nitrogens with zero attached hydrogens (tertiary/aromatic N) is 5. The third-order valence-corrected chi connectivity index (χ3v) is 6.05. The summed E-state index contributed by atoms with van der Waals surface area (Å²) in [5.41, 5.74) is 3.56. The lowest BCUT2D eigenvalue weighted by Gasteiger charge is -2.31. The molecule has 1 aromatic carbocycles. The molecule has 0 unspecified atom stereocenters. The first-order valence-corrected chi connectivity index (χ1v) is 13.3. The number of rotatable bonds is 7. The number of fused-ring (bicyclic) bond motifs is 1. The molecule has 0 saturated carbocycles. The highest BCUT2D eigenvalue weighted by Crippen LogP contribution is 2.27. The second kappa shape index (κ2) is 11.8. The van der Waals surface area contributed by atoms with Crippen LogP contribution in [0.4, 0.5) is 33.8 Å². The van der Waals surface area contributed by atoms with Gasteiger partial charge in [0.25, 0.3) is 5.91 Å². The molecule has 1 aliphatic rings. The number of hydrogen-bond acceptors (Lipinski definition) is 9. The maximum absolute atomic E-state index is 12.9. The summed E-state index contributed by atoms with van der Waals surface area (Å²) in [5.74, 6) is 1.22. The fraction of sp³-hybridized carbons (Fsp3) is 0.414. The average Bonchev–Trinajstić information content (AvgIpc) is 2.87. The topological polar surface area (TPSA) is 125 Å². The number of pyridine rings is 1. The summed E-state index contributed by atoms with van der Waals surface area (Å²) in [7, 11) is 3.82. The number of ether oxygens (including phenoxy) is 1. The van der Waals surface area contributed by atoms with Crippen LogP contribution in [0.3, 0.4) is 0 Å². The van der Waals surface area contributed by atoms with Gasteiger partial charge < -0.3 is 30.5 Å². The van der Waals surface area contributed by atoms with Gasteiger partial charge in [-0.25, -0.2) is 14.8 Å². The Bertz CT molecular complexity index is 1380. The predicted octanol–water partition coefficient (Wildman–Crippen LogP) is 4.86. The molecule has 11 nitrogen and oxygen atoms in total. The van der Waals surface area contributed by atoms with Crippen LogP contribution >= 0.6 is 0 Å². The van der Waals surface area contributed by atoms with E-state index >= 15 is 0 Å². The number of anilines is 5. The summed E-state index contributed by atoms with van der Waals surface area (Å²) >= 11 is 0. The first-order valence-electron chi connectivity index (χ1n) is 13.3. The van der Waals surface area contributed by atoms with Gasteiger partial charge in [0.1, 0.15) is 22.8 Å². The normalized spacial score (nSPS) is 12.9. The van der Waals surface area contributed by atoms with E-state index in [4.69, 9.17) is 4.74 Å². The van der Waals surface area contributed by atoms with Gasteiger partial charge in [-0.3, -0.25) is 4.79 Å². The van der Waals surface area contributed by atoms with Crippen LogP contribution in [0.5, 0.6) is 0 Å². The lowest BCUT2D eigenvalue weighted by atomic mass is 9.99. The molecule has 3 heterocycles. The van der Waals surface area contributed by atoms with E-state index in [0.717, 1.165) is 28.3 Å². The second-order valence-electron chi connectivity index (χ2n) is 11.3. The molecule has 3 N–H and O–H groups in total. The highest BCUT2D eigenvalue weighted by Gasteiger charge is 2.26. The highest BCUT2D eigenvalue weighted by molar-refractivity contribution is 5.99. The number of carbonyl (C=O) groups is 2. The molecule has 11 heteroatoms. The van der Waals surface area contributed by atoms with Gasteiger partial charge in [-0.05, 0) is 70.4 Å². The zero-order chi connectivity index (χ0) is 29.0. The largest absolute Gasteiger partial charge is 0.444 e. The molecule has 0 radical (unpaired) electrons. The molecule has 0 saturated heterocycles. The van der Waals surface area contributed by atoms with Gasteiger partial charge in [0.2, 0.25) is 5.95 Å². The van der Waals surface area contributed by atoms with Crippen LogP contribution in [0.2, 0.25) is 0 Å². The smallest absolute Gasteiger partial charge is 0.410 e. The Hall–Kier alpha value is -4.41. The monoisotopic (exact) mass is 546 g/mol. The predicted molar refractivity (Wildman–Crippen MR) is 157 cm³/mol. The second-order valence-corrected chi connectivity index (χ2v) is 11.3. The molecule has 2 aromatic heterocycles. The maximum Gasteiger partial charge on any atom is 0.410 e. The highest BCUT2D eigenvalue weighted by atomic mass is 16.6. The third-order valence-electron chi connectivity index (χ3n) is 6.05. The van der Waals surface area contributed by atoms with Crippen molar-refractivity contribution in [1.82, 2.24) is 25.2 Å². The number of hydrogen-bond donors (Lipinski definition) is 3. The van der Waals surface area contributed by atoms with Crippen molar-refractivity contribution in [3.8, 4) is 0 Å². The van der Waals surface area contributed by atoms with Crippen molar-refractivity contribution in [2.45, 2.75) is 59.2 Å². The number of carbonyl (C=O) groups excluding carboxylic acids is 2. The standard InChI is InChI=1S/C29H38N8O3/c1-18(2)32-26(38)23-16-31-27(35-25(23)33-22-10-12-30-24(15-22)36(6)7)34-21-9-8-20-17-37(13-11-19(20)14-21)28(39)40-29(3,4)5/h8-10,12,14-16,18H,11,13,17H2,1-7H3,(H,32,38)(H2,30,31,33,34,35). The Labute approximate surface area is 235 Å². The van der Waals surface area contributed by atoms with Crippen molar-refractivity contribution in [2.75, 3.05) is 36.2 Å². The number of nitrogens with one attached hydrogen (secondary N) is 3. The van der Waals surface area contributed by atoms with Gasteiger partial charge in [0, 0.05) is 63.1 Å². The molecule has 1 aliphatic heterocycles. The Morgan fingerprint density at radius 3 is 2.48 bits per heavy atom. The van der Waals surface area contributed by atoms with Crippen LogP contribution in [-0.4, -0.2) is 64.1 Å². The van der Waals surface area contributed by atoms with E-state index in [-0.39, 0.29) is 18.0 Å². The van der Waals surface area contributed by atoms with Gasteiger partial charge in [-0.2, -0.15) is 4.98 Å². The summed E-state index contributed by atoms with van der Waals surface area (Å²) in [4.78, 5) is 42.5. The summed E-state index contributed by atoms with van der Waals surface area (Å²) in [5, 5.41) is 9.43. The minimum atomic E-state index is -0.532. The number of aromatic nitrogens is 3. The maximum atomic E-state index is 12.9. The van der Waals surface area contributed by atoms with Crippen LogP contribution < -0.4 is 20.9 Å². The fourth-order valence-electron chi connectivity index (χ4n) is 4.16. The first-order chi connectivity index (χ1) is 18.9. The van der Waals surface area contributed by atoms with Crippen LogP contribution in [-0.2, 0) is 17.7 Å². The molecule has 2 amide bonds. The molecule has 0 atom stereocenters. The minimum Gasteiger partial charge on any atom is -0.444 e. The fourth-order valence-corrected chi connectivity index (χ4v) is 4.16. The molecule has 3 aromatic rings. The average molecular weight is 547 g/mol. The molecule has 0 bridgehead atoms. The first kappa shape index (κ1) is 28.6. The van der Waals surface area contributed by atoms with Crippen molar-refractivity contribution < 1.29 is 14.3 Å². The van der Waals surface area contributed by atoms with E-state index in [9.17, 15) is 9.59 Å². The molecule has 0 spiro atoms. The summed E-state index contributed by atoms with van der Waals surface area (Å²) in [6.07, 6.45) is 3.62. The van der Waals surface area contributed by atoms with Crippen molar-refractivity contribution in [1.29, 1.82) is 0 Å². The lowest BCUT2D eigenvalue weighted by Crippen LogP contribution is -2.39. The van der Waals surface area contributed by atoms with Gasteiger partial charge in [0.15, 0.2) is 0 Å². The van der Waals surface area contributed by atoms with Crippen molar-refractivity contribution in [3.05, 3.63) is 59.4 Å². The lowest BCUT2D eigenvalue weighted by molar-refractivity contribution is 0.0224. The van der Waals surface area contributed by atoms with Crippen LogP contribution in [0, 0.1) is 0 Å². The zero-order valence-electron chi connectivity index (χ0n) is 24.2. The van der Waals surface area contributed by atoms with Crippen molar-refractivity contribution in [2.24, 2.45) is 0 Å². The summed E-state index contributed by atoms with van der Waals surface area (Å²) in [6.45, 7) is 10.5. The van der Waals surface area contributed by atoms with Gasteiger partial charge >= 0.3 is 6.09 Å². The molecule has 4 rings (SSSR count). The minimum absolute atomic E-state index is 0.0406. The Morgan fingerprint density at radius 1 is 1.02 bits per heavy atom. The molecule has 40 heavy (non-hydrogen) atoms. The van der Waals surface area contributed by atoms with Crippen LogP contribution in [0.25, 0.3) is 0 Å². The Balaban J connectivity index is 1.55. The molecule has 0 fully saturated rings. The molecular weight excluding hydrogens is 508 g/mol. The third kappa shape index (κ3) is 7.37. The van der Waals surface area contributed by atoms with Gasteiger partial charge in [0.05, 0.1) is 0 Å². The molecule has 0 aliphatic carbocycles. The van der Waals surface area contributed by atoms with Gasteiger partial charge in [-0.1, -0.05) is 6.07 Å². The summed E-state index contributed by atoms with van der Waals surface area (Å²) in [6, 6.07) is 9.63. The van der Waals surface area contributed by atoms with E-state index in [1.807, 2.05) is 83.9 Å². The SMILES string of the molecule is CC(C)NC(=O)c1cnc(Nc2ccc3c(c2)CCN(C(=O)OC(C)(C)C)C3)nc1Nc1ccnc(N(C)C)c1. The van der Waals surface area contributed by atoms with Crippen LogP contribution in [0.1, 0.15) is 56.1 Å². The Kier molecular flexibility index (Phi) is 8.41. The van der Waals surface area contributed by atoms with Gasteiger partial charge in [-0.15, -0.1) is 0 Å². The van der Waals surface area contributed by atoms with E-state index < -0.39 is 5.60 Å². The quantitative estimate of drug-likeness (QED) is 0.381. The molecular formula is C29H38N8O3. The van der Waals surface area contributed by atoms with Crippen molar-refractivity contribution >= 4 is 41.0 Å². The number of amides is 2. The summed E-state index contributed by atoms with van der Waals surface area (Å²) < 4.78 is 5.53. The van der Waals surface area contributed by atoms with E-state index in [0.29, 0.717) is 36.8 Å². The number of benzene rings is 1. The zero-order valence-corrected chi connectivity index (χ0v) is 24.2. The Morgan fingerprint density at radius 2 is 1.77 bits per heavy atom. The van der Waals surface area contributed by atoms with Crippen LogP contribution in [0.15, 0.2) is 42.7 Å². The van der Waals surface area contributed by atoms with E-state index in [2.05, 4.69) is 30.9 Å². The van der Waals surface area contributed by atoms with E-state index in [1.165, 1.54) is 6.20 Å². The molecule has 212 valence electrons. The van der Waals surface area contributed by atoms with Crippen molar-refractivity contribution in [3.63, 3.8) is 0 Å².